The van der Waals surface area contributed by atoms with Crippen molar-refractivity contribution in [3.8, 4) is 0 Å². The number of esters is 1. The van der Waals surface area contributed by atoms with Gasteiger partial charge in [-0.1, -0.05) is 0 Å². The zero-order valence-electron chi connectivity index (χ0n) is 16.7. The van der Waals surface area contributed by atoms with Gasteiger partial charge in [-0.15, -0.1) is 0 Å². The zero-order valence-corrected chi connectivity index (χ0v) is 16.7. The van der Waals surface area contributed by atoms with Gasteiger partial charge in [0.15, 0.2) is 0 Å². The molecule has 0 radical (unpaired) electrons. The molecule has 1 heterocycles. The number of nitro benzene ring substituents is 1. The van der Waals surface area contributed by atoms with Crippen molar-refractivity contribution in [1.82, 2.24) is 4.90 Å². The highest BCUT2D eigenvalue weighted by Crippen LogP contribution is 2.27. The average molecular weight is 393 g/mol. The fourth-order valence-electron chi connectivity index (χ4n) is 3.06. The van der Waals surface area contributed by atoms with Gasteiger partial charge < -0.3 is 19.7 Å². The number of nitrogens with one attached hydrogen (secondary N) is 1. The Bertz CT molecular complexity index is 744. The molecule has 0 bridgehead atoms. The molecule has 0 aromatic heterocycles. The highest BCUT2D eigenvalue weighted by molar-refractivity contribution is 5.91. The molecule has 2 rings (SSSR count). The lowest BCUT2D eigenvalue weighted by Gasteiger charge is -2.34. The number of methoxy groups -OCH3 is 1. The third-order valence-corrected chi connectivity index (χ3v) is 4.37. The first-order chi connectivity index (χ1) is 13.1. The second-order valence-electron chi connectivity index (χ2n) is 7.80. The summed E-state index contributed by atoms with van der Waals surface area (Å²) in [6.45, 7) is 7.11. The number of hydrogen-bond donors (Lipinski definition) is 1. The highest BCUT2D eigenvalue weighted by Gasteiger charge is 2.28. The summed E-state index contributed by atoms with van der Waals surface area (Å²) in [7, 11) is 1.22. The van der Waals surface area contributed by atoms with Gasteiger partial charge in [-0.25, -0.2) is 9.59 Å². The Kier molecular flexibility index (Phi) is 6.82. The summed E-state index contributed by atoms with van der Waals surface area (Å²) in [6.07, 6.45) is 1.40. The Hall–Kier alpha value is -2.84. The summed E-state index contributed by atoms with van der Waals surface area (Å²) in [5, 5.41) is 14.4. The number of benzene rings is 1. The lowest BCUT2D eigenvalue weighted by molar-refractivity contribution is -0.384. The predicted molar refractivity (Wildman–Crippen MR) is 103 cm³/mol. The van der Waals surface area contributed by atoms with Crippen molar-refractivity contribution >= 4 is 23.4 Å². The standard InChI is InChI=1S/C19H27N3O6/c1-19(2,3)28-18(24)21-9-5-6-13(12-21)11-20-15-8-7-14(17(23)27-4)10-16(15)22(25)26/h7-8,10,13,20H,5-6,9,11-12H2,1-4H3/t13-/m0/s1. The lowest BCUT2D eigenvalue weighted by Crippen LogP contribution is -2.44. The monoisotopic (exact) mass is 393 g/mol. The number of nitrogens with zero attached hydrogens (tertiary/aromatic N) is 2. The van der Waals surface area contributed by atoms with E-state index in [0.29, 0.717) is 25.3 Å². The van der Waals surface area contributed by atoms with E-state index >= 15 is 0 Å². The number of rotatable bonds is 5. The molecule has 1 fully saturated rings. The van der Waals surface area contributed by atoms with Gasteiger partial charge in [0.25, 0.3) is 5.69 Å². The summed E-state index contributed by atoms with van der Waals surface area (Å²) in [5.74, 6) is -0.490. The van der Waals surface area contributed by atoms with E-state index in [4.69, 9.17) is 4.74 Å². The van der Waals surface area contributed by atoms with Crippen LogP contribution in [0.3, 0.4) is 0 Å². The van der Waals surface area contributed by atoms with Crippen molar-refractivity contribution in [3.05, 3.63) is 33.9 Å². The minimum absolute atomic E-state index is 0.119. The largest absolute Gasteiger partial charge is 0.465 e. The van der Waals surface area contributed by atoms with Crippen LogP contribution in [0.25, 0.3) is 0 Å². The van der Waals surface area contributed by atoms with Crippen LogP contribution in [0, 0.1) is 16.0 Å². The number of carbonyl (C=O) groups excluding carboxylic acids is 2. The van der Waals surface area contributed by atoms with Crippen molar-refractivity contribution in [2.45, 2.75) is 39.2 Å². The third-order valence-electron chi connectivity index (χ3n) is 4.37. The molecule has 0 saturated carbocycles. The van der Waals surface area contributed by atoms with Gasteiger partial charge >= 0.3 is 12.1 Å². The lowest BCUT2D eigenvalue weighted by atomic mass is 9.98. The van der Waals surface area contributed by atoms with Crippen LogP contribution >= 0.6 is 0 Å². The first-order valence-electron chi connectivity index (χ1n) is 9.19. The van der Waals surface area contributed by atoms with Crippen LogP contribution in [-0.2, 0) is 9.47 Å². The Balaban J connectivity index is 2.02. The molecular formula is C19H27N3O6. The number of anilines is 1. The first kappa shape index (κ1) is 21.5. The highest BCUT2D eigenvalue weighted by atomic mass is 16.6. The second kappa shape index (κ2) is 8.90. The van der Waals surface area contributed by atoms with E-state index in [9.17, 15) is 19.7 Å². The van der Waals surface area contributed by atoms with E-state index in [1.165, 1.54) is 25.3 Å². The molecule has 1 atom stereocenters. The normalized spacial score (nSPS) is 17.0. The topological polar surface area (TPSA) is 111 Å². The van der Waals surface area contributed by atoms with Crippen LogP contribution in [-0.4, -0.2) is 54.2 Å². The molecule has 0 spiro atoms. The van der Waals surface area contributed by atoms with Crippen molar-refractivity contribution in [1.29, 1.82) is 0 Å². The molecular weight excluding hydrogens is 366 g/mol. The van der Waals surface area contributed by atoms with Crippen molar-refractivity contribution in [2.75, 3.05) is 32.1 Å². The van der Waals surface area contributed by atoms with Gasteiger partial charge in [0, 0.05) is 25.7 Å². The van der Waals surface area contributed by atoms with Crippen LogP contribution in [0.15, 0.2) is 18.2 Å². The molecule has 1 aromatic carbocycles. The number of ether oxygens (including phenoxy) is 2. The summed E-state index contributed by atoms with van der Waals surface area (Å²) >= 11 is 0. The van der Waals surface area contributed by atoms with Crippen LogP contribution in [0.5, 0.6) is 0 Å². The van der Waals surface area contributed by atoms with E-state index < -0.39 is 16.5 Å². The summed E-state index contributed by atoms with van der Waals surface area (Å²) in [5.41, 5.74) is -0.298. The molecule has 1 amide bonds. The van der Waals surface area contributed by atoms with E-state index in [-0.39, 0.29) is 23.3 Å². The van der Waals surface area contributed by atoms with E-state index in [2.05, 4.69) is 10.1 Å². The summed E-state index contributed by atoms with van der Waals surface area (Å²) < 4.78 is 10.0. The third kappa shape index (κ3) is 5.83. The van der Waals surface area contributed by atoms with Crippen molar-refractivity contribution in [3.63, 3.8) is 0 Å². The fourth-order valence-corrected chi connectivity index (χ4v) is 3.06. The molecule has 1 aliphatic rings. The van der Waals surface area contributed by atoms with Gasteiger partial charge in [0.1, 0.15) is 11.3 Å². The fraction of sp³-hybridized carbons (Fsp3) is 0.579. The molecule has 1 N–H and O–H groups in total. The smallest absolute Gasteiger partial charge is 0.410 e. The number of hydrogen-bond acceptors (Lipinski definition) is 7. The minimum atomic E-state index is -0.630. The molecule has 0 unspecified atom stereocenters. The number of nitro groups is 1. The average Bonchev–Trinajstić information content (AvgIpc) is 2.64. The number of piperidine rings is 1. The van der Waals surface area contributed by atoms with Crippen molar-refractivity contribution in [2.24, 2.45) is 5.92 Å². The molecule has 1 saturated heterocycles. The second-order valence-corrected chi connectivity index (χ2v) is 7.80. The number of carbonyl (C=O) groups is 2. The minimum Gasteiger partial charge on any atom is -0.465 e. The van der Waals surface area contributed by atoms with Gasteiger partial charge in [0.05, 0.1) is 17.6 Å². The first-order valence-corrected chi connectivity index (χ1v) is 9.19. The maximum atomic E-state index is 12.3. The molecule has 9 nitrogen and oxygen atoms in total. The van der Waals surface area contributed by atoms with Crippen LogP contribution in [0.4, 0.5) is 16.2 Å². The van der Waals surface area contributed by atoms with Gasteiger partial charge in [-0.2, -0.15) is 0 Å². The van der Waals surface area contributed by atoms with E-state index in [1.54, 1.807) is 4.90 Å². The maximum absolute atomic E-state index is 12.3. The summed E-state index contributed by atoms with van der Waals surface area (Å²) in [6, 6.07) is 4.18. The Morgan fingerprint density at radius 2 is 2.07 bits per heavy atom. The van der Waals surface area contributed by atoms with Gasteiger partial charge in [-0.3, -0.25) is 10.1 Å². The Morgan fingerprint density at radius 1 is 1.36 bits per heavy atom. The maximum Gasteiger partial charge on any atom is 0.410 e. The van der Waals surface area contributed by atoms with Crippen LogP contribution in [0.2, 0.25) is 0 Å². The Labute approximate surface area is 164 Å². The molecule has 0 aliphatic carbocycles. The van der Waals surface area contributed by atoms with Crippen LogP contribution in [0.1, 0.15) is 44.0 Å². The van der Waals surface area contributed by atoms with E-state index in [0.717, 1.165) is 12.8 Å². The van der Waals surface area contributed by atoms with Gasteiger partial charge in [-0.05, 0) is 51.7 Å². The van der Waals surface area contributed by atoms with Gasteiger partial charge in [0.2, 0.25) is 0 Å². The SMILES string of the molecule is COC(=O)c1ccc(NC[C@@H]2CCCN(C(=O)OC(C)(C)C)C2)c([N+](=O)[O-])c1. The Morgan fingerprint density at radius 3 is 2.68 bits per heavy atom. The van der Waals surface area contributed by atoms with Crippen molar-refractivity contribution < 1.29 is 24.0 Å². The molecule has 9 heteroatoms. The number of likely N-dealkylation sites (tertiary alicyclic amines) is 1. The van der Waals surface area contributed by atoms with E-state index in [1.807, 2.05) is 20.8 Å². The zero-order chi connectivity index (χ0) is 20.9. The molecule has 1 aromatic rings. The molecule has 1 aliphatic heterocycles. The quantitative estimate of drug-likeness (QED) is 0.463. The number of amides is 1. The van der Waals surface area contributed by atoms with Crippen LogP contribution < -0.4 is 5.32 Å². The molecule has 28 heavy (non-hydrogen) atoms. The summed E-state index contributed by atoms with van der Waals surface area (Å²) in [4.78, 5) is 36.3. The predicted octanol–water partition coefficient (Wildman–Crippen LogP) is 3.44. The molecule has 154 valence electrons.